The summed E-state index contributed by atoms with van der Waals surface area (Å²) >= 11 is 0. The number of hydrogen-bond acceptors (Lipinski definition) is 0. The maximum Gasteiger partial charge on any atom is -0.0388 e. The monoisotopic (exact) mass is 266 g/mol. The Balaban J connectivity index is 1.67. The lowest BCUT2D eigenvalue weighted by Crippen LogP contribution is -1.96. The molecule has 0 aromatic carbocycles. The highest BCUT2D eigenvalue weighted by atomic mass is 14.3. The van der Waals surface area contributed by atoms with Crippen LogP contribution in [0.25, 0.3) is 0 Å². The van der Waals surface area contributed by atoms with E-state index in [2.05, 4.69) is 13.8 Å². The van der Waals surface area contributed by atoms with E-state index in [4.69, 9.17) is 0 Å². The molecule has 1 aliphatic rings. The highest BCUT2D eigenvalue weighted by molar-refractivity contribution is 4.78. The summed E-state index contributed by atoms with van der Waals surface area (Å²) in [5, 5.41) is 0. The summed E-state index contributed by atoms with van der Waals surface area (Å²) in [5.41, 5.74) is 0. The lowest BCUT2D eigenvalue weighted by molar-refractivity contribution is 0.436. The van der Waals surface area contributed by atoms with Gasteiger partial charge in [-0.25, -0.2) is 0 Å². The van der Waals surface area contributed by atoms with Gasteiger partial charge < -0.3 is 0 Å². The molecule has 114 valence electrons. The first kappa shape index (κ1) is 17.1. The minimum absolute atomic E-state index is 1.03. The molecule has 0 nitrogen and oxygen atoms in total. The molecular formula is C19H38. The second-order valence-corrected chi connectivity index (χ2v) is 6.99. The first-order chi connectivity index (χ1) is 9.34. The van der Waals surface area contributed by atoms with Crippen molar-refractivity contribution >= 4 is 0 Å². The molecule has 0 aliphatic heterocycles. The number of rotatable bonds is 14. The third kappa shape index (κ3) is 10.4. The predicted octanol–water partition coefficient (Wildman–Crippen LogP) is 7.12. The first-order valence-corrected chi connectivity index (χ1v) is 9.34. The van der Waals surface area contributed by atoms with Crippen LogP contribution >= 0.6 is 0 Å². The van der Waals surface area contributed by atoms with Gasteiger partial charge in [-0.15, -0.1) is 0 Å². The molecule has 1 fully saturated rings. The van der Waals surface area contributed by atoms with E-state index in [-0.39, 0.29) is 0 Å². The molecule has 1 aliphatic carbocycles. The van der Waals surface area contributed by atoms with E-state index in [1.165, 1.54) is 96.3 Å². The maximum absolute atomic E-state index is 2.47. The van der Waals surface area contributed by atoms with Gasteiger partial charge in [-0.2, -0.15) is 0 Å². The van der Waals surface area contributed by atoms with Gasteiger partial charge in [0.15, 0.2) is 0 Å². The van der Waals surface area contributed by atoms with Gasteiger partial charge in [0.25, 0.3) is 0 Å². The van der Waals surface area contributed by atoms with Gasteiger partial charge in [-0.1, -0.05) is 97.3 Å². The summed E-state index contributed by atoms with van der Waals surface area (Å²) in [6.07, 6.45) is 22.3. The van der Waals surface area contributed by atoms with Crippen molar-refractivity contribution in [2.24, 2.45) is 11.8 Å². The molecule has 0 saturated heterocycles. The van der Waals surface area contributed by atoms with Gasteiger partial charge in [0.1, 0.15) is 0 Å². The Bertz CT molecular complexity index is 180. The molecule has 0 radical (unpaired) electrons. The minimum Gasteiger partial charge on any atom is -0.0654 e. The SMILES string of the molecule is CCCCCCCCCCCCCCC(C)C1CC1. The highest BCUT2D eigenvalue weighted by Crippen LogP contribution is 2.38. The van der Waals surface area contributed by atoms with Gasteiger partial charge in [-0.3, -0.25) is 0 Å². The van der Waals surface area contributed by atoms with Crippen molar-refractivity contribution in [1.82, 2.24) is 0 Å². The van der Waals surface area contributed by atoms with Gasteiger partial charge in [-0.05, 0) is 24.7 Å². The second kappa shape index (κ2) is 11.8. The van der Waals surface area contributed by atoms with Crippen molar-refractivity contribution in [2.45, 2.75) is 110 Å². The highest BCUT2D eigenvalue weighted by Gasteiger charge is 2.26. The molecule has 0 aromatic rings. The Kier molecular flexibility index (Phi) is 10.6. The third-order valence-corrected chi connectivity index (χ3v) is 4.94. The van der Waals surface area contributed by atoms with E-state index in [1.807, 2.05) is 0 Å². The van der Waals surface area contributed by atoms with Crippen LogP contribution in [0.3, 0.4) is 0 Å². The van der Waals surface area contributed by atoms with Crippen LogP contribution in [-0.2, 0) is 0 Å². The molecule has 1 unspecified atom stereocenters. The summed E-state index contributed by atoms with van der Waals surface area (Å²) in [7, 11) is 0. The zero-order chi connectivity index (χ0) is 13.8. The van der Waals surface area contributed by atoms with Crippen LogP contribution in [0.5, 0.6) is 0 Å². The average molecular weight is 267 g/mol. The molecule has 19 heavy (non-hydrogen) atoms. The van der Waals surface area contributed by atoms with Crippen molar-refractivity contribution in [1.29, 1.82) is 0 Å². The van der Waals surface area contributed by atoms with Gasteiger partial charge >= 0.3 is 0 Å². The van der Waals surface area contributed by atoms with E-state index in [1.54, 1.807) is 0 Å². The summed E-state index contributed by atoms with van der Waals surface area (Å²) in [6, 6.07) is 0. The predicted molar refractivity (Wildman–Crippen MR) is 87.6 cm³/mol. The quantitative estimate of drug-likeness (QED) is 0.293. The molecule has 0 heteroatoms. The fourth-order valence-corrected chi connectivity index (χ4v) is 3.21. The fraction of sp³-hybridized carbons (Fsp3) is 1.00. The van der Waals surface area contributed by atoms with E-state index < -0.39 is 0 Å². The largest absolute Gasteiger partial charge is 0.0654 e. The first-order valence-electron chi connectivity index (χ1n) is 9.34. The lowest BCUT2D eigenvalue weighted by Gasteiger charge is -2.09. The molecule has 1 saturated carbocycles. The summed E-state index contributed by atoms with van der Waals surface area (Å²) < 4.78 is 0. The molecule has 0 heterocycles. The van der Waals surface area contributed by atoms with Gasteiger partial charge in [0.05, 0.1) is 0 Å². The Hall–Kier alpha value is 0. The standard InChI is InChI=1S/C19H38/c1-3-4-5-6-7-8-9-10-11-12-13-14-15-18(2)19-16-17-19/h18-19H,3-17H2,1-2H3. The molecule has 0 N–H and O–H groups in total. The van der Waals surface area contributed by atoms with Crippen LogP contribution in [0.1, 0.15) is 110 Å². The molecular weight excluding hydrogens is 228 g/mol. The minimum atomic E-state index is 1.03. The average Bonchev–Trinajstić information content (AvgIpc) is 3.24. The topological polar surface area (TPSA) is 0 Å². The normalized spacial score (nSPS) is 16.7. The summed E-state index contributed by atoms with van der Waals surface area (Å²) in [5.74, 6) is 2.15. The van der Waals surface area contributed by atoms with Crippen molar-refractivity contribution in [2.75, 3.05) is 0 Å². The summed E-state index contributed by atoms with van der Waals surface area (Å²) in [6.45, 7) is 4.77. The van der Waals surface area contributed by atoms with Crippen molar-refractivity contribution < 1.29 is 0 Å². The fourth-order valence-electron chi connectivity index (χ4n) is 3.21. The van der Waals surface area contributed by atoms with E-state index >= 15 is 0 Å². The molecule has 0 aromatic heterocycles. The maximum atomic E-state index is 2.47. The molecule has 1 atom stereocenters. The molecule has 0 bridgehead atoms. The van der Waals surface area contributed by atoms with Crippen LogP contribution in [0.4, 0.5) is 0 Å². The Labute approximate surface area is 122 Å². The van der Waals surface area contributed by atoms with Crippen LogP contribution < -0.4 is 0 Å². The number of hydrogen-bond donors (Lipinski definition) is 0. The third-order valence-electron chi connectivity index (χ3n) is 4.94. The van der Waals surface area contributed by atoms with Gasteiger partial charge in [0, 0.05) is 0 Å². The zero-order valence-electron chi connectivity index (χ0n) is 13.8. The molecule has 0 amide bonds. The lowest BCUT2D eigenvalue weighted by atomic mass is 9.97. The molecule has 0 spiro atoms. The van der Waals surface area contributed by atoms with E-state index in [0.717, 1.165) is 11.8 Å². The van der Waals surface area contributed by atoms with Gasteiger partial charge in [0.2, 0.25) is 0 Å². The Morgan fingerprint density at radius 3 is 1.53 bits per heavy atom. The number of unbranched alkanes of at least 4 members (excludes halogenated alkanes) is 11. The zero-order valence-corrected chi connectivity index (χ0v) is 13.8. The smallest absolute Gasteiger partial charge is 0.0388 e. The van der Waals surface area contributed by atoms with Crippen LogP contribution in [0.15, 0.2) is 0 Å². The Morgan fingerprint density at radius 1 is 0.684 bits per heavy atom. The second-order valence-electron chi connectivity index (χ2n) is 6.99. The Morgan fingerprint density at radius 2 is 1.11 bits per heavy atom. The van der Waals surface area contributed by atoms with Crippen molar-refractivity contribution in [3.05, 3.63) is 0 Å². The van der Waals surface area contributed by atoms with Crippen LogP contribution in [0.2, 0.25) is 0 Å². The van der Waals surface area contributed by atoms with Crippen LogP contribution in [0, 0.1) is 11.8 Å². The van der Waals surface area contributed by atoms with Crippen molar-refractivity contribution in [3.8, 4) is 0 Å². The van der Waals surface area contributed by atoms with E-state index in [0.29, 0.717) is 0 Å². The van der Waals surface area contributed by atoms with Crippen LogP contribution in [-0.4, -0.2) is 0 Å². The molecule has 1 rings (SSSR count). The summed E-state index contributed by atoms with van der Waals surface area (Å²) in [4.78, 5) is 0. The van der Waals surface area contributed by atoms with Crippen molar-refractivity contribution in [3.63, 3.8) is 0 Å². The van der Waals surface area contributed by atoms with E-state index in [9.17, 15) is 0 Å².